The minimum Gasteiger partial charge on any atom is -0.495 e. The van der Waals surface area contributed by atoms with Crippen molar-refractivity contribution in [1.82, 2.24) is 4.90 Å². The van der Waals surface area contributed by atoms with Crippen LogP contribution in [0.5, 0.6) is 17.2 Å². The third-order valence-corrected chi connectivity index (χ3v) is 5.06. The molecule has 0 fully saturated rings. The van der Waals surface area contributed by atoms with Crippen molar-refractivity contribution in [3.63, 3.8) is 0 Å². The SMILES string of the molecule is COc1ccccc1NC(=O)N(Cc1ccc(OCc2ccccc2)c(OC)c1)CC(C)C. The Labute approximate surface area is 196 Å². The molecule has 0 atom stereocenters. The summed E-state index contributed by atoms with van der Waals surface area (Å²) in [5.41, 5.74) is 2.68. The van der Waals surface area contributed by atoms with E-state index in [0.717, 1.165) is 11.1 Å². The van der Waals surface area contributed by atoms with Crippen molar-refractivity contribution in [2.75, 3.05) is 26.1 Å². The van der Waals surface area contributed by atoms with Crippen molar-refractivity contribution >= 4 is 11.7 Å². The van der Waals surface area contributed by atoms with Gasteiger partial charge in [0.25, 0.3) is 0 Å². The van der Waals surface area contributed by atoms with Crippen molar-refractivity contribution in [2.24, 2.45) is 5.92 Å². The number of hydrogen-bond donors (Lipinski definition) is 1. The molecule has 0 radical (unpaired) electrons. The molecule has 0 aliphatic heterocycles. The minimum absolute atomic E-state index is 0.184. The lowest BCUT2D eigenvalue weighted by Crippen LogP contribution is -2.37. The van der Waals surface area contributed by atoms with E-state index in [1.807, 2.05) is 72.8 Å². The number of methoxy groups -OCH3 is 2. The Kier molecular flexibility index (Phi) is 8.58. The van der Waals surface area contributed by atoms with E-state index in [1.54, 1.807) is 19.1 Å². The highest BCUT2D eigenvalue weighted by molar-refractivity contribution is 5.91. The Balaban J connectivity index is 1.73. The fourth-order valence-electron chi connectivity index (χ4n) is 3.49. The van der Waals surface area contributed by atoms with Crippen molar-refractivity contribution in [3.8, 4) is 17.2 Å². The first-order chi connectivity index (χ1) is 16.0. The number of para-hydroxylation sites is 2. The third kappa shape index (κ3) is 6.91. The summed E-state index contributed by atoms with van der Waals surface area (Å²) < 4.78 is 16.9. The molecule has 3 aromatic rings. The normalized spacial score (nSPS) is 10.6. The summed E-state index contributed by atoms with van der Waals surface area (Å²) in [6, 6.07) is 23.0. The van der Waals surface area contributed by atoms with Gasteiger partial charge < -0.3 is 24.4 Å². The molecule has 0 saturated carbocycles. The highest BCUT2D eigenvalue weighted by atomic mass is 16.5. The van der Waals surface area contributed by atoms with Crippen molar-refractivity contribution in [1.29, 1.82) is 0 Å². The van der Waals surface area contributed by atoms with Crippen molar-refractivity contribution in [2.45, 2.75) is 27.0 Å². The topological polar surface area (TPSA) is 60.0 Å². The van der Waals surface area contributed by atoms with Crippen LogP contribution in [0.3, 0.4) is 0 Å². The number of nitrogens with zero attached hydrogens (tertiary/aromatic N) is 1. The summed E-state index contributed by atoms with van der Waals surface area (Å²) in [7, 11) is 3.21. The van der Waals surface area contributed by atoms with E-state index in [0.29, 0.717) is 48.6 Å². The molecular weight excluding hydrogens is 416 g/mol. The quantitative estimate of drug-likeness (QED) is 0.415. The number of benzene rings is 3. The second-order valence-electron chi connectivity index (χ2n) is 8.16. The zero-order valence-electron chi connectivity index (χ0n) is 19.7. The number of carbonyl (C=O) groups excluding carboxylic acids is 1. The number of nitrogens with one attached hydrogen (secondary N) is 1. The Morgan fingerprint density at radius 1 is 0.848 bits per heavy atom. The summed E-state index contributed by atoms with van der Waals surface area (Å²) in [5, 5.41) is 2.97. The Hall–Kier alpha value is -3.67. The van der Waals surface area contributed by atoms with Crippen LogP contribution in [0.4, 0.5) is 10.5 Å². The molecule has 174 valence electrons. The molecule has 0 saturated heterocycles. The summed E-state index contributed by atoms with van der Waals surface area (Å²) in [5.74, 6) is 2.23. The second-order valence-corrected chi connectivity index (χ2v) is 8.16. The summed E-state index contributed by atoms with van der Waals surface area (Å²) in [6.45, 7) is 5.68. The predicted molar refractivity (Wildman–Crippen MR) is 131 cm³/mol. The maximum atomic E-state index is 13.1. The average Bonchev–Trinajstić information content (AvgIpc) is 2.83. The minimum atomic E-state index is -0.184. The van der Waals surface area contributed by atoms with Crippen LogP contribution in [-0.2, 0) is 13.2 Å². The first kappa shape index (κ1) is 24.0. The smallest absolute Gasteiger partial charge is 0.322 e. The van der Waals surface area contributed by atoms with Gasteiger partial charge in [0.1, 0.15) is 12.4 Å². The first-order valence-electron chi connectivity index (χ1n) is 11.0. The molecule has 1 N–H and O–H groups in total. The van der Waals surface area contributed by atoms with E-state index in [9.17, 15) is 4.79 Å². The molecule has 6 heteroatoms. The summed E-state index contributed by atoms with van der Waals surface area (Å²) in [6.07, 6.45) is 0. The van der Waals surface area contributed by atoms with Crippen molar-refractivity contribution in [3.05, 3.63) is 83.9 Å². The van der Waals surface area contributed by atoms with Crippen LogP contribution in [0, 0.1) is 5.92 Å². The van der Waals surface area contributed by atoms with Gasteiger partial charge in [-0.05, 0) is 41.3 Å². The van der Waals surface area contributed by atoms with Crippen LogP contribution >= 0.6 is 0 Å². The fourth-order valence-corrected chi connectivity index (χ4v) is 3.49. The van der Waals surface area contributed by atoms with Gasteiger partial charge >= 0.3 is 6.03 Å². The van der Waals surface area contributed by atoms with Crippen LogP contribution in [0.15, 0.2) is 72.8 Å². The predicted octanol–water partition coefficient (Wildman–Crippen LogP) is 5.97. The second kappa shape index (κ2) is 11.8. The fraction of sp³-hybridized carbons (Fsp3) is 0.296. The van der Waals surface area contributed by atoms with E-state index in [1.165, 1.54) is 0 Å². The average molecular weight is 449 g/mol. The summed E-state index contributed by atoms with van der Waals surface area (Å²) >= 11 is 0. The van der Waals surface area contributed by atoms with Gasteiger partial charge in [0.05, 0.1) is 19.9 Å². The highest BCUT2D eigenvalue weighted by Gasteiger charge is 2.18. The lowest BCUT2D eigenvalue weighted by Gasteiger charge is -2.26. The maximum absolute atomic E-state index is 13.1. The highest BCUT2D eigenvalue weighted by Crippen LogP contribution is 2.30. The number of anilines is 1. The maximum Gasteiger partial charge on any atom is 0.322 e. The number of hydrogen-bond acceptors (Lipinski definition) is 4. The lowest BCUT2D eigenvalue weighted by atomic mass is 10.1. The molecule has 0 aromatic heterocycles. The molecule has 3 rings (SSSR count). The molecule has 2 amide bonds. The number of rotatable bonds is 10. The molecule has 3 aromatic carbocycles. The van der Waals surface area contributed by atoms with Crippen LogP contribution in [0.25, 0.3) is 0 Å². The lowest BCUT2D eigenvalue weighted by molar-refractivity contribution is 0.201. The molecule has 0 heterocycles. The van der Waals surface area contributed by atoms with Crippen LogP contribution in [0.1, 0.15) is 25.0 Å². The van der Waals surface area contributed by atoms with E-state index in [-0.39, 0.29) is 6.03 Å². The molecule has 0 aliphatic carbocycles. The zero-order valence-corrected chi connectivity index (χ0v) is 19.7. The number of ether oxygens (including phenoxy) is 3. The molecular formula is C27H32N2O4. The van der Waals surface area contributed by atoms with Crippen LogP contribution in [0.2, 0.25) is 0 Å². The summed E-state index contributed by atoms with van der Waals surface area (Å²) in [4.78, 5) is 14.9. The van der Waals surface area contributed by atoms with E-state index in [2.05, 4.69) is 19.2 Å². The Bertz CT molecular complexity index is 1040. The monoisotopic (exact) mass is 448 g/mol. The Morgan fingerprint density at radius 2 is 1.55 bits per heavy atom. The number of urea groups is 1. The van der Waals surface area contributed by atoms with E-state index < -0.39 is 0 Å². The third-order valence-electron chi connectivity index (χ3n) is 5.06. The van der Waals surface area contributed by atoms with Gasteiger partial charge in [0.2, 0.25) is 0 Å². The molecule has 33 heavy (non-hydrogen) atoms. The van der Waals surface area contributed by atoms with Gasteiger partial charge in [0, 0.05) is 13.1 Å². The number of amides is 2. The largest absolute Gasteiger partial charge is 0.495 e. The van der Waals surface area contributed by atoms with Crippen LogP contribution in [-0.4, -0.2) is 31.7 Å². The van der Waals surface area contributed by atoms with Gasteiger partial charge in [-0.25, -0.2) is 4.79 Å². The van der Waals surface area contributed by atoms with Crippen molar-refractivity contribution < 1.29 is 19.0 Å². The molecule has 0 bridgehead atoms. The zero-order chi connectivity index (χ0) is 23.6. The van der Waals surface area contributed by atoms with Gasteiger partial charge in [0.15, 0.2) is 11.5 Å². The molecule has 0 aliphatic rings. The molecule has 0 spiro atoms. The van der Waals surface area contributed by atoms with Gasteiger partial charge in [-0.15, -0.1) is 0 Å². The van der Waals surface area contributed by atoms with Gasteiger partial charge in [-0.2, -0.15) is 0 Å². The standard InChI is InChI=1S/C27H32N2O4/c1-20(2)17-29(27(30)28-23-12-8-9-13-24(23)31-3)18-22-14-15-25(26(16-22)32-4)33-19-21-10-6-5-7-11-21/h5-16,20H,17-19H2,1-4H3,(H,28,30). The van der Waals surface area contributed by atoms with Gasteiger partial charge in [-0.3, -0.25) is 0 Å². The van der Waals surface area contributed by atoms with Gasteiger partial charge in [-0.1, -0.05) is 62.4 Å². The van der Waals surface area contributed by atoms with E-state index >= 15 is 0 Å². The van der Waals surface area contributed by atoms with Crippen LogP contribution < -0.4 is 19.5 Å². The van der Waals surface area contributed by atoms with E-state index in [4.69, 9.17) is 14.2 Å². The molecule has 0 unspecified atom stereocenters. The molecule has 6 nitrogen and oxygen atoms in total. The number of carbonyl (C=O) groups is 1. The Morgan fingerprint density at radius 3 is 2.24 bits per heavy atom. The first-order valence-corrected chi connectivity index (χ1v) is 11.0.